The molecule has 1 rings (SSSR count). The molecule has 14 heavy (non-hydrogen) atoms. The first kappa shape index (κ1) is 10.6. The fourth-order valence-electron chi connectivity index (χ4n) is 1.13. The van der Waals surface area contributed by atoms with Gasteiger partial charge in [0.15, 0.2) is 0 Å². The summed E-state index contributed by atoms with van der Waals surface area (Å²) in [4.78, 5) is 10.7. The molecule has 0 radical (unpaired) electrons. The van der Waals surface area contributed by atoms with Gasteiger partial charge in [0.1, 0.15) is 0 Å². The Morgan fingerprint density at radius 3 is 2.29 bits per heavy atom. The highest BCUT2D eigenvalue weighted by molar-refractivity contribution is 5.93. The highest BCUT2D eigenvalue weighted by Gasteiger charge is 2.32. The first-order chi connectivity index (χ1) is 6.32. The molecule has 1 aromatic rings. The fraction of sp³-hybridized carbons (Fsp3) is 0.222. The Hall–Kier alpha value is -1.52. The van der Waals surface area contributed by atoms with E-state index in [0.717, 1.165) is 18.2 Å². The number of benzene rings is 1. The summed E-state index contributed by atoms with van der Waals surface area (Å²) in [7, 11) is 0. The first-order valence-corrected chi connectivity index (χ1v) is 3.80. The minimum atomic E-state index is -4.39. The monoisotopic (exact) mass is 203 g/mol. The van der Waals surface area contributed by atoms with Crippen LogP contribution in [0.3, 0.4) is 0 Å². The van der Waals surface area contributed by atoms with Gasteiger partial charge in [-0.2, -0.15) is 13.2 Å². The molecule has 76 valence electrons. The van der Waals surface area contributed by atoms with Crippen molar-refractivity contribution in [2.24, 2.45) is 5.73 Å². The van der Waals surface area contributed by atoms with Gasteiger partial charge in [0.25, 0.3) is 0 Å². The second kappa shape index (κ2) is 3.32. The quantitative estimate of drug-likeness (QED) is 0.746. The number of nitrogens with two attached hydrogens (primary N) is 1. The van der Waals surface area contributed by atoms with Crippen LogP contribution >= 0.6 is 0 Å². The van der Waals surface area contributed by atoms with Crippen molar-refractivity contribution in [3.8, 4) is 0 Å². The van der Waals surface area contributed by atoms with E-state index in [-0.39, 0.29) is 11.1 Å². The molecular formula is C9H8F3NO. The Balaban J connectivity index is 3.21. The molecule has 0 heterocycles. The number of hydrogen-bond donors (Lipinski definition) is 1. The van der Waals surface area contributed by atoms with Gasteiger partial charge in [-0.3, -0.25) is 4.79 Å². The molecule has 1 aromatic carbocycles. The summed E-state index contributed by atoms with van der Waals surface area (Å²) in [5.74, 6) is -0.734. The van der Waals surface area contributed by atoms with Crippen molar-refractivity contribution in [1.82, 2.24) is 0 Å². The average molecular weight is 203 g/mol. The second-order valence-corrected chi connectivity index (χ2v) is 2.89. The summed E-state index contributed by atoms with van der Waals surface area (Å²) in [6, 6.07) is 3.05. The molecule has 0 bridgehead atoms. The molecule has 0 saturated carbocycles. The minimum absolute atomic E-state index is 0.00574. The van der Waals surface area contributed by atoms with Gasteiger partial charge in [0, 0.05) is 5.56 Å². The predicted molar refractivity (Wildman–Crippen MR) is 44.7 cm³/mol. The maximum atomic E-state index is 12.3. The second-order valence-electron chi connectivity index (χ2n) is 2.89. The number of carbonyl (C=O) groups is 1. The maximum Gasteiger partial charge on any atom is 0.416 e. The lowest BCUT2D eigenvalue weighted by Crippen LogP contribution is -2.13. The molecule has 0 aliphatic rings. The standard InChI is InChI=1S/C9H8F3NO/c1-5-4-6(8(13)14)2-3-7(5)9(10,11)12/h2-4H,1H3,(H2,13,14). The Bertz CT molecular complexity index is 371. The average Bonchev–Trinajstić information content (AvgIpc) is 2.01. The number of carbonyl (C=O) groups excluding carboxylic acids is 1. The molecule has 0 aromatic heterocycles. The number of alkyl halides is 3. The van der Waals surface area contributed by atoms with E-state index in [4.69, 9.17) is 5.73 Å². The van der Waals surface area contributed by atoms with E-state index in [1.165, 1.54) is 6.92 Å². The van der Waals surface area contributed by atoms with Gasteiger partial charge in [-0.25, -0.2) is 0 Å². The van der Waals surface area contributed by atoms with Crippen molar-refractivity contribution in [2.75, 3.05) is 0 Å². The van der Waals surface area contributed by atoms with E-state index < -0.39 is 17.6 Å². The van der Waals surface area contributed by atoms with Crippen LogP contribution in [-0.2, 0) is 6.18 Å². The van der Waals surface area contributed by atoms with Crippen molar-refractivity contribution >= 4 is 5.91 Å². The molecular weight excluding hydrogens is 195 g/mol. The molecule has 2 nitrogen and oxygen atoms in total. The van der Waals surface area contributed by atoms with Crippen LogP contribution in [0.25, 0.3) is 0 Å². The summed E-state index contributed by atoms with van der Waals surface area (Å²) in [6.45, 7) is 1.29. The van der Waals surface area contributed by atoms with Crippen molar-refractivity contribution in [3.05, 3.63) is 34.9 Å². The van der Waals surface area contributed by atoms with Crippen LogP contribution in [0.5, 0.6) is 0 Å². The fourth-order valence-corrected chi connectivity index (χ4v) is 1.13. The Labute approximate surface area is 78.5 Å². The number of hydrogen-bond acceptors (Lipinski definition) is 1. The largest absolute Gasteiger partial charge is 0.416 e. The van der Waals surface area contributed by atoms with E-state index in [2.05, 4.69) is 0 Å². The molecule has 0 fully saturated rings. The molecule has 0 atom stereocenters. The molecule has 2 N–H and O–H groups in total. The summed E-state index contributed by atoms with van der Waals surface area (Å²) in [5, 5.41) is 0. The lowest BCUT2D eigenvalue weighted by atomic mass is 10.0. The molecule has 5 heteroatoms. The van der Waals surface area contributed by atoms with Crippen LogP contribution in [0.1, 0.15) is 21.5 Å². The highest BCUT2D eigenvalue weighted by Crippen LogP contribution is 2.31. The van der Waals surface area contributed by atoms with Crippen LogP contribution in [0.15, 0.2) is 18.2 Å². The Morgan fingerprint density at radius 2 is 1.93 bits per heavy atom. The summed E-state index contributed by atoms with van der Waals surface area (Å²) in [5.41, 5.74) is 4.25. The van der Waals surface area contributed by atoms with Crippen molar-refractivity contribution in [1.29, 1.82) is 0 Å². The van der Waals surface area contributed by atoms with Gasteiger partial charge in [-0.05, 0) is 30.7 Å². The molecule has 0 aliphatic carbocycles. The number of amides is 1. The minimum Gasteiger partial charge on any atom is -0.366 e. The van der Waals surface area contributed by atoms with E-state index in [1.807, 2.05) is 0 Å². The van der Waals surface area contributed by atoms with Crippen molar-refractivity contribution in [2.45, 2.75) is 13.1 Å². The van der Waals surface area contributed by atoms with E-state index in [1.54, 1.807) is 0 Å². The zero-order valence-electron chi connectivity index (χ0n) is 7.35. The Kier molecular flexibility index (Phi) is 2.51. The van der Waals surface area contributed by atoms with Crippen molar-refractivity contribution in [3.63, 3.8) is 0 Å². The summed E-state index contributed by atoms with van der Waals surface area (Å²) in [6.07, 6.45) is -4.39. The first-order valence-electron chi connectivity index (χ1n) is 3.80. The van der Waals surface area contributed by atoms with E-state index in [0.29, 0.717) is 0 Å². The molecule has 1 amide bonds. The third kappa shape index (κ3) is 2.04. The third-order valence-electron chi connectivity index (χ3n) is 1.82. The number of primary amides is 1. The summed E-state index contributed by atoms with van der Waals surface area (Å²) >= 11 is 0. The van der Waals surface area contributed by atoms with Gasteiger partial charge in [-0.15, -0.1) is 0 Å². The van der Waals surface area contributed by atoms with Gasteiger partial charge < -0.3 is 5.73 Å². The van der Waals surface area contributed by atoms with E-state index in [9.17, 15) is 18.0 Å². The maximum absolute atomic E-state index is 12.3. The number of aryl methyl sites for hydroxylation is 1. The zero-order valence-corrected chi connectivity index (χ0v) is 7.35. The molecule has 0 unspecified atom stereocenters. The van der Waals surface area contributed by atoms with Gasteiger partial charge in [0.05, 0.1) is 5.56 Å². The number of halogens is 3. The SMILES string of the molecule is Cc1cc(C(N)=O)ccc1C(F)(F)F. The molecule has 0 spiro atoms. The zero-order chi connectivity index (χ0) is 10.9. The molecule has 0 saturated heterocycles. The van der Waals surface area contributed by atoms with Crippen LogP contribution in [-0.4, -0.2) is 5.91 Å². The van der Waals surface area contributed by atoms with E-state index >= 15 is 0 Å². The Morgan fingerprint density at radius 1 is 1.36 bits per heavy atom. The van der Waals surface area contributed by atoms with Crippen LogP contribution in [0, 0.1) is 6.92 Å². The van der Waals surface area contributed by atoms with Crippen LogP contribution < -0.4 is 5.73 Å². The summed E-state index contributed by atoms with van der Waals surface area (Å²) < 4.78 is 36.8. The van der Waals surface area contributed by atoms with Gasteiger partial charge in [0.2, 0.25) is 5.91 Å². The lowest BCUT2D eigenvalue weighted by molar-refractivity contribution is -0.138. The molecule has 0 aliphatic heterocycles. The lowest BCUT2D eigenvalue weighted by Gasteiger charge is -2.10. The van der Waals surface area contributed by atoms with Crippen molar-refractivity contribution < 1.29 is 18.0 Å². The normalized spacial score (nSPS) is 11.4. The van der Waals surface area contributed by atoms with Gasteiger partial charge >= 0.3 is 6.18 Å². The highest BCUT2D eigenvalue weighted by atomic mass is 19.4. The topological polar surface area (TPSA) is 43.1 Å². The number of rotatable bonds is 1. The third-order valence-corrected chi connectivity index (χ3v) is 1.82. The smallest absolute Gasteiger partial charge is 0.366 e. The van der Waals surface area contributed by atoms with Crippen LogP contribution in [0.2, 0.25) is 0 Å². The van der Waals surface area contributed by atoms with Gasteiger partial charge in [-0.1, -0.05) is 0 Å². The predicted octanol–water partition coefficient (Wildman–Crippen LogP) is 2.11. The van der Waals surface area contributed by atoms with Crippen LogP contribution in [0.4, 0.5) is 13.2 Å².